The van der Waals surface area contributed by atoms with Gasteiger partial charge in [-0.1, -0.05) is 6.07 Å². The number of fused-ring (bicyclic) bond motifs is 1. The number of nitrogens with zero attached hydrogens (tertiary/aromatic N) is 3. The zero-order chi connectivity index (χ0) is 22.7. The van der Waals surface area contributed by atoms with E-state index in [9.17, 15) is 17.6 Å². The van der Waals surface area contributed by atoms with Crippen LogP contribution in [0.5, 0.6) is 0 Å². The van der Waals surface area contributed by atoms with E-state index in [1.165, 1.54) is 43.3 Å². The van der Waals surface area contributed by atoms with Crippen LogP contribution in [-0.2, 0) is 16.4 Å². The van der Waals surface area contributed by atoms with E-state index in [2.05, 4.69) is 20.2 Å². The Morgan fingerprint density at radius 3 is 2.59 bits per heavy atom. The van der Waals surface area contributed by atoms with Crippen LogP contribution in [0.2, 0.25) is 0 Å². The van der Waals surface area contributed by atoms with Gasteiger partial charge in [0.1, 0.15) is 11.6 Å². The first-order valence-electron chi connectivity index (χ1n) is 9.79. The molecule has 0 spiro atoms. The summed E-state index contributed by atoms with van der Waals surface area (Å²) in [6, 6.07) is 15.2. The minimum absolute atomic E-state index is 0.0424. The molecule has 32 heavy (non-hydrogen) atoms. The monoisotopic (exact) mass is 453 g/mol. The van der Waals surface area contributed by atoms with E-state index >= 15 is 0 Å². The molecule has 0 saturated carbocycles. The number of pyridine rings is 1. The number of hydrogen-bond donors (Lipinski definition) is 2. The number of aromatic nitrogens is 3. The number of carbonyl (C=O) groups is 1. The van der Waals surface area contributed by atoms with E-state index in [1.54, 1.807) is 0 Å². The Morgan fingerprint density at radius 1 is 1.06 bits per heavy atom. The predicted octanol–water partition coefficient (Wildman–Crippen LogP) is 2.95. The molecular formula is C22H20FN5O3S. The SMILES string of the molecule is Cc1cc(S(=O)(=O)Nc2ccc(C(=O)NCCc3nnc4ccccn34)cc2)ccc1F. The molecule has 4 rings (SSSR count). The Balaban J connectivity index is 1.36. The molecule has 2 N–H and O–H groups in total. The molecule has 4 aromatic rings. The Labute approximate surface area is 184 Å². The van der Waals surface area contributed by atoms with Gasteiger partial charge in [-0.05, 0) is 67.1 Å². The molecule has 8 nitrogen and oxygen atoms in total. The van der Waals surface area contributed by atoms with Crippen LogP contribution in [0.4, 0.5) is 10.1 Å². The van der Waals surface area contributed by atoms with Crippen molar-refractivity contribution in [3.63, 3.8) is 0 Å². The number of rotatable bonds is 7. The molecule has 0 aliphatic carbocycles. The van der Waals surface area contributed by atoms with Crippen molar-refractivity contribution in [1.82, 2.24) is 19.9 Å². The van der Waals surface area contributed by atoms with E-state index in [0.29, 0.717) is 24.2 Å². The summed E-state index contributed by atoms with van der Waals surface area (Å²) >= 11 is 0. The first kappa shape index (κ1) is 21.4. The number of sulfonamides is 1. The second-order valence-corrected chi connectivity index (χ2v) is 8.83. The van der Waals surface area contributed by atoms with Crippen molar-refractivity contribution in [2.45, 2.75) is 18.2 Å². The van der Waals surface area contributed by atoms with Crippen molar-refractivity contribution in [3.05, 3.63) is 89.6 Å². The van der Waals surface area contributed by atoms with Crippen molar-refractivity contribution >= 4 is 27.3 Å². The number of benzene rings is 2. The Morgan fingerprint density at radius 2 is 1.84 bits per heavy atom. The van der Waals surface area contributed by atoms with Crippen LogP contribution in [0, 0.1) is 12.7 Å². The lowest BCUT2D eigenvalue weighted by Crippen LogP contribution is -2.26. The molecule has 0 saturated heterocycles. The van der Waals surface area contributed by atoms with Crippen LogP contribution < -0.4 is 10.0 Å². The molecule has 164 valence electrons. The first-order chi connectivity index (χ1) is 15.3. The average molecular weight is 453 g/mol. The first-order valence-corrected chi connectivity index (χ1v) is 11.3. The number of nitrogens with one attached hydrogen (secondary N) is 2. The van der Waals surface area contributed by atoms with E-state index in [0.717, 1.165) is 17.5 Å². The highest BCUT2D eigenvalue weighted by atomic mass is 32.2. The molecule has 0 bridgehead atoms. The third-order valence-corrected chi connectivity index (χ3v) is 6.24. The third-order valence-electron chi connectivity index (χ3n) is 4.86. The van der Waals surface area contributed by atoms with Gasteiger partial charge in [-0.3, -0.25) is 13.9 Å². The highest BCUT2D eigenvalue weighted by Crippen LogP contribution is 2.19. The van der Waals surface area contributed by atoms with Gasteiger partial charge >= 0.3 is 0 Å². The molecule has 0 atom stereocenters. The fourth-order valence-electron chi connectivity index (χ4n) is 3.14. The van der Waals surface area contributed by atoms with Gasteiger partial charge in [-0.15, -0.1) is 10.2 Å². The molecule has 2 aromatic heterocycles. The summed E-state index contributed by atoms with van der Waals surface area (Å²) in [5.74, 6) is -0.0272. The van der Waals surface area contributed by atoms with Gasteiger partial charge in [-0.2, -0.15) is 0 Å². The van der Waals surface area contributed by atoms with Gasteiger partial charge in [0, 0.05) is 30.4 Å². The lowest BCUT2D eigenvalue weighted by atomic mass is 10.2. The molecule has 0 aliphatic rings. The summed E-state index contributed by atoms with van der Waals surface area (Å²) in [7, 11) is -3.88. The van der Waals surface area contributed by atoms with Gasteiger partial charge in [0.05, 0.1) is 4.90 Å². The maximum absolute atomic E-state index is 13.4. The number of amides is 1. The maximum atomic E-state index is 13.4. The maximum Gasteiger partial charge on any atom is 0.261 e. The van der Waals surface area contributed by atoms with Crippen molar-refractivity contribution in [2.75, 3.05) is 11.3 Å². The summed E-state index contributed by atoms with van der Waals surface area (Å²) < 4.78 is 42.7. The summed E-state index contributed by atoms with van der Waals surface area (Å²) in [6.07, 6.45) is 2.37. The number of aryl methyl sites for hydroxylation is 1. The van der Waals surface area contributed by atoms with E-state index in [4.69, 9.17) is 0 Å². The van der Waals surface area contributed by atoms with E-state index < -0.39 is 15.8 Å². The van der Waals surface area contributed by atoms with Crippen LogP contribution in [0.25, 0.3) is 5.65 Å². The van der Waals surface area contributed by atoms with Crippen molar-refractivity contribution in [3.8, 4) is 0 Å². The summed E-state index contributed by atoms with van der Waals surface area (Å²) in [5.41, 5.74) is 1.65. The fourth-order valence-corrected chi connectivity index (χ4v) is 4.28. The quantitative estimate of drug-likeness (QED) is 0.448. The largest absolute Gasteiger partial charge is 0.352 e. The number of anilines is 1. The minimum atomic E-state index is -3.88. The lowest BCUT2D eigenvalue weighted by Gasteiger charge is -2.10. The van der Waals surface area contributed by atoms with Gasteiger partial charge in [-0.25, -0.2) is 12.8 Å². The second kappa shape index (κ2) is 8.75. The summed E-state index contributed by atoms with van der Waals surface area (Å²) in [4.78, 5) is 12.4. The molecule has 2 heterocycles. The van der Waals surface area contributed by atoms with Crippen LogP contribution in [0.3, 0.4) is 0 Å². The highest BCUT2D eigenvalue weighted by molar-refractivity contribution is 7.92. The normalized spacial score (nSPS) is 11.4. The fraction of sp³-hybridized carbons (Fsp3) is 0.136. The molecule has 0 aliphatic heterocycles. The van der Waals surface area contributed by atoms with Gasteiger partial charge < -0.3 is 5.32 Å². The zero-order valence-electron chi connectivity index (χ0n) is 17.1. The van der Waals surface area contributed by atoms with Crippen molar-refractivity contribution < 1.29 is 17.6 Å². The Kier molecular flexibility index (Phi) is 5.87. The van der Waals surface area contributed by atoms with Crippen LogP contribution in [0.1, 0.15) is 21.7 Å². The van der Waals surface area contributed by atoms with Crippen molar-refractivity contribution in [2.24, 2.45) is 0 Å². The van der Waals surface area contributed by atoms with Gasteiger partial charge in [0.25, 0.3) is 15.9 Å². The van der Waals surface area contributed by atoms with E-state index in [1.807, 2.05) is 28.8 Å². The number of halogens is 1. The average Bonchev–Trinajstić information content (AvgIpc) is 3.19. The molecule has 0 radical (unpaired) electrons. The second-order valence-electron chi connectivity index (χ2n) is 7.14. The predicted molar refractivity (Wildman–Crippen MR) is 117 cm³/mol. The Hall–Kier alpha value is -3.79. The molecule has 2 aromatic carbocycles. The zero-order valence-corrected chi connectivity index (χ0v) is 17.9. The summed E-state index contributed by atoms with van der Waals surface area (Å²) in [6.45, 7) is 1.86. The topological polar surface area (TPSA) is 105 Å². The van der Waals surface area contributed by atoms with Crippen molar-refractivity contribution in [1.29, 1.82) is 0 Å². The smallest absolute Gasteiger partial charge is 0.261 e. The molecular weight excluding hydrogens is 433 g/mol. The molecule has 0 unspecified atom stereocenters. The number of carbonyl (C=O) groups excluding carboxylic acids is 1. The minimum Gasteiger partial charge on any atom is -0.352 e. The van der Waals surface area contributed by atoms with Gasteiger partial charge in [0.2, 0.25) is 0 Å². The third kappa shape index (κ3) is 4.59. The molecule has 1 amide bonds. The van der Waals surface area contributed by atoms with Crippen LogP contribution >= 0.6 is 0 Å². The molecule has 10 heteroatoms. The lowest BCUT2D eigenvalue weighted by molar-refractivity contribution is 0.0954. The number of hydrogen-bond acceptors (Lipinski definition) is 5. The standard InChI is InChI=1S/C22H20FN5O3S/c1-15-14-18(9-10-19(15)23)32(30,31)27-17-7-5-16(6-8-17)22(29)24-12-11-21-26-25-20-4-2-3-13-28(20)21/h2-10,13-14,27H,11-12H2,1H3,(H,24,29). The highest BCUT2D eigenvalue weighted by Gasteiger charge is 2.16. The van der Waals surface area contributed by atoms with Crippen LogP contribution in [0.15, 0.2) is 71.8 Å². The summed E-state index contributed by atoms with van der Waals surface area (Å²) in [5, 5.41) is 11.0. The Bertz CT molecular complexity index is 1380. The van der Waals surface area contributed by atoms with Crippen LogP contribution in [-0.4, -0.2) is 35.5 Å². The van der Waals surface area contributed by atoms with E-state index in [-0.39, 0.29) is 16.4 Å². The van der Waals surface area contributed by atoms with Gasteiger partial charge in [0.15, 0.2) is 5.65 Å². The molecule has 0 fully saturated rings.